The average Bonchev–Trinajstić information content (AvgIpc) is 3.50. The fourth-order valence-electron chi connectivity index (χ4n) is 5.80. The Hall–Kier alpha value is -5.09. The van der Waals surface area contributed by atoms with Crippen LogP contribution in [0.5, 0.6) is 0 Å². The number of aromatic nitrogens is 2. The minimum Gasteiger partial charge on any atom is -0.456 e. The van der Waals surface area contributed by atoms with Crippen LogP contribution in [-0.4, -0.2) is 8.97 Å². The predicted octanol–water partition coefficient (Wildman–Crippen LogP) is 7.96. The van der Waals surface area contributed by atoms with Crippen LogP contribution in [0.2, 0.25) is 0 Å². The standard InChI is InChI=1S/C33H20N2O2/c36-33-23-14-5-8-17-26(23)34-25-16-7-4-13-22(25)30(21-11-2-1-3-12-21)32(34)35(33)27-18-10-20-29-31(27)24-15-6-9-19-28(24)37-29/h1-20H. The van der Waals surface area contributed by atoms with Gasteiger partial charge in [-0.25, -0.2) is 0 Å². The molecule has 8 aromatic rings. The number of fused-ring (bicyclic) bond motifs is 8. The lowest BCUT2D eigenvalue weighted by Gasteiger charge is -2.15. The molecule has 174 valence electrons. The first-order valence-electron chi connectivity index (χ1n) is 12.3. The van der Waals surface area contributed by atoms with Crippen molar-refractivity contribution < 1.29 is 4.42 Å². The molecule has 8 rings (SSSR count). The van der Waals surface area contributed by atoms with Crippen LogP contribution in [0.1, 0.15) is 0 Å². The Balaban J connectivity index is 1.70. The Morgan fingerprint density at radius 1 is 0.541 bits per heavy atom. The minimum absolute atomic E-state index is 0.0548. The van der Waals surface area contributed by atoms with Crippen molar-refractivity contribution in [2.45, 2.75) is 0 Å². The zero-order valence-corrected chi connectivity index (χ0v) is 19.8. The van der Waals surface area contributed by atoms with E-state index >= 15 is 0 Å². The van der Waals surface area contributed by atoms with Gasteiger partial charge in [0.25, 0.3) is 5.56 Å². The summed E-state index contributed by atoms with van der Waals surface area (Å²) in [5.41, 5.74) is 7.20. The molecule has 0 fully saturated rings. The molecule has 0 saturated heterocycles. The quantitative estimate of drug-likeness (QED) is 0.254. The fraction of sp³-hybridized carbons (Fsp3) is 0. The lowest BCUT2D eigenvalue weighted by Crippen LogP contribution is -2.21. The molecule has 0 unspecified atom stereocenters. The van der Waals surface area contributed by atoms with Gasteiger partial charge in [-0.15, -0.1) is 0 Å². The summed E-state index contributed by atoms with van der Waals surface area (Å²) in [7, 11) is 0. The molecule has 0 saturated carbocycles. The Bertz CT molecular complexity index is 2220. The molecule has 0 atom stereocenters. The monoisotopic (exact) mass is 476 g/mol. The van der Waals surface area contributed by atoms with Gasteiger partial charge in [-0.2, -0.15) is 0 Å². The molecular formula is C33H20N2O2. The Labute approximate surface area is 211 Å². The number of hydrogen-bond donors (Lipinski definition) is 0. The van der Waals surface area contributed by atoms with Crippen LogP contribution in [0.3, 0.4) is 0 Å². The largest absolute Gasteiger partial charge is 0.456 e. The molecule has 0 aliphatic rings. The molecule has 0 radical (unpaired) electrons. The summed E-state index contributed by atoms with van der Waals surface area (Å²) in [4.78, 5) is 14.4. The molecule has 5 aromatic carbocycles. The number of benzene rings is 5. The second-order valence-corrected chi connectivity index (χ2v) is 9.32. The van der Waals surface area contributed by atoms with Crippen molar-refractivity contribution in [3.8, 4) is 16.8 Å². The van der Waals surface area contributed by atoms with E-state index in [0.29, 0.717) is 5.39 Å². The van der Waals surface area contributed by atoms with E-state index in [1.165, 1.54) is 0 Å². The maximum atomic E-state index is 14.4. The van der Waals surface area contributed by atoms with Crippen molar-refractivity contribution in [3.05, 3.63) is 132 Å². The molecule has 3 heterocycles. The lowest BCUT2D eigenvalue weighted by molar-refractivity contribution is 0.669. The Morgan fingerprint density at radius 3 is 1.97 bits per heavy atom. The minimum atomic E-state index is -0.0548. The molecule has 37 heavy (non-hydrogen) atoms. The maximum Gasteiger partial charge on any atom is 0.266 e. The van der Waals surface area contributed by atoms with Crippen LogP contribution in [0.15, 0.2) is 131 Å². The van der Waals surface area contributed by atoms with Crippen molar-refractivity contribution in [1.29, 1.82) is 0 Å². The summed E-state index contributed by atoms with van der Waals surface area (Å²) in [6.07, 6.45) is 0. The smallest absolute Gasteiger partial charge is 0.266 e. The molecule has 0 bridgehead atoms. The molecule has 0 aliphatic heterocycles. The van der Waals surface area contributed by atoms with E-state index in [-0.39, 0.29) is 5.56 Å². The van der Waals surface area contributed by atoms with Crippen molar-refractivity contribution in [2.24, 2.45) is 0 Å². The Kier molecular flexibility index (Phi) is 4.06. The summed E-state index contributed by atoms with van der Waals surface area (Å²) < 4.78 is 10.3. The molecule has 0 spiro atoms. The number of furan rings is 1. The maximum absolute atomic E-state index is 14.4. The number of para-hydroxylation sites is 3. The molecule has 4 nitrogen and oxygen atoms in total. The summed E-state index contributed by atoms with van der Waals surface area (Å²) in [6, 6.07) is 40.5. The zero-order valence-electron chi connectivity index (χ0n) is 19.8. The fourth-order valence-corrected chi connectivity index (χ4v) is 5.80. The summed E-state index contributed by atoms with van der Waals surface area (Å²) >= 11 is 0. The van der Waals surface area contributed by atoms with Gasteiger partial charge in [0.1, 0.15) is 16.8 Å². The highest BCUT2D eigenvalue weighted by molar-refractivity contribution is 6.12. The highest BCUT2D eigenvalue weighted by Gasteiger charge is 2.23. The van der Waals surface area contributed by atoms with Gasteiger partial charge in [0.05, 0.1) is 27.5 Å². The lowest BCUT2D eigenvalue weighted by atomic mass is 10.0. The molecule has 4 heteroatoms. The second kappa shape index (κ2) is 7.45. The van der Waals surface area contributed by atoms with Gasteiger partial charge < -0.3 is 4.42 Å². The van der Waals surface area contributed by atoms with Crippen LogP contribution in [-0.2, 0) is 0 Å². The van der Waals surface area contributed by atoms with Gasteiger partial charge in [-0.05, 0) is 42.0 Å². The molecule has 0 aliphatic carbocycles. The summed E-state index contributed by atoms with van der Waals surface area (Å²) in [6.45, 7) is 0. The van der Waals surface area contributed by atoms with Crippen molar-refractivity contribution in [3.63, 3.8) is 0 Å². The predicted molar refractivity (Wildman–Crippen MR) is 151 cm³/mol. The molecule has 0 amide bonds. The number of rotatable bonds is 2. The van der Waals surface area contributed by atoms with Gasteiger partial charge in [-0.3, -0.25) is 13.8 Å². The summed E-state index contributed by atoms with van der Waals surface area (Å²) in [5.74, 6) is 0. The summed E-state index contributed by atoms with van der Waals surface area (Å²) in [5, 5.41) is 3.69. The van der Waals surface area contributed by atoms with Gasteiger partial charge in [0.15, 0.2) is 0 Å². The molecular weight excluding hydrogens is 456 g/mol. The third-order valence-electron chi connectivity index (χ3n) is 7.32. The van der Waals surface area contributed by atoms with Crippen molar-refractivity contribution in [1.82, 2.24) is 8.97 Å². The van der Waals surface area contributed by atoms with Crippen LogP contribution < -0.4 is 5.56 Å². The van der Waals surface area contributed by atoms with Gasteiger partial charge in [0.2, 0.25) is 0 Å². The van der Waals surface area contributed by atoms with Crippen LogP contribution in [0.25, 0.3) is 66.2 Å². The average molecular weight is 477 g/mol. The Morgan fingerprint density at radius 2 is 1.16 bits per heavy atom. The number of nitrogens with zero attached hydrogens (tertiary/aromatic N) is 2. The first-order chi connectivity index (χ1) is 18.3. The van der Waals surface area contributed by atoms with E-state index in [0.717, 1.165) is 60.8 Å². The van der Waals surface area contributed by atoms with Crippen LogP contribution >= 0.6 is 0 Å². The highest BCUT2D eigenvalue weighted by atomic mass is 16.3. The van der Waals surface area contributed by atoms with Crippen LogP contribution in [0.4, 0.5) is 0 Å². The van der Waals surface area contributed by atoms with E-state index in [4.69, 9.17) is 4.42 Å². The first kappa shape index (κ1) is 20.1. The van der Waals surface area contributed by atoms with E-state index in [9.17, 15) is 4.79 Å². The second-order valence-electron chi connectivity index (χ2n) is 9.32. The van der Waals surface area contributed by atoms with Crippen molar-refractivity contribution >= 4 is 49.4 Å². The molecule has 0 N–H and O–H groups in total. The van der Waals surface area contributed by atoms with Gasteiger partial charge >= 0.3 is 0 Å². The van der Waals surface area contributed by atoms with Gasteiger partial charge in [0, 0.05) is 16.3 Å². The normalized spacial score (nSPS) is 11.9. The first-order valence-corrected chi connectivity index (χ1v) is 12.3. The SMILES string of the molecule is O=c1c2ccccc2n2c3ccccc3c(-c3ccccc3)c2n1-c1cccc2oc3ccccc3c12. The zero-order chi connectivity index (χ0) is 24.5. The third-order valence-corrected chi connectivity index (χ3v) is 7.32. The topological polar surface area (TPSA) is 39.5 Å². The van der Waals surface area contributed by atoms with E-state index in [1.807, 2.05) is 83.4 Å². The van der Waals surface area contributed by atoms with E-state index in [1.54, 1.807) is 0 Å². The van der Waals surface area contributed by atoms with Crippen LogP contribution in [0, 0.1) is 0 Å². The molecule has 3 aromatic heterocycles. The van der Waals surface area contributed by atoms with E-state index in [2.05, 4.69) is 46.9 Å². The van der Waals surface area contributed by atoms with Crippen molar-refractivity contribution in [2.75, 3.05) is 0 Å². The van der Waals surface area contributed by atoms with Gasteiger partial charge in [-0.1, -0.05) is 84.9 Å². The number of hydrogen-bond acceptors (Lipinski definition) is 2. The van der Waals surface area contributed by atoms with E-state index < -0.39 is 0 Å². The highest BCUT2D eigenvalue weighted by Crippen LogP contribution is 2.39. The third kappa shape index (κ3) is 2.69.